The largest absolute Gasteiger partial charge is 0.450 e. The lowest BCUT2D eigenvalue weighted by Gasteiger charge is -2.43. The molecule has 0 spiro atoms. The number of ether oxygens (including phenoxy) is 2. The molecule has 2 atom stereocenters. The quantitative estimate of drug-likeness (QED) is 0.855. The summed E-state index contributed by atoms with van der Waals surface area (Å²) in [7, 11) is -1.20. The predicted molar refractivity (Wildman–Crippen MR) is 88.9 cm³/mol. The van der Waals surface area contributed by atoms with E-state index in [1.807, 2.05) is 4.90 Å². The van der Waals surface area contributed by atoms with Gasteiger partial charge < -0.3 is 15.2 Å². The Morgan fingerprint density at radius 3 is 3.00 bits per heavy atom. The van der Waals surface area contributed by atoms with Gasteiger partial charge in [0.1, 0.15) is 0 Å². The maximum Gasteiger partial charge on any atom is 0.410 e. The number of amides is 1. The fourth-order valence-electron chi connectivity index (χ4n) is 2.90. The number of hydrogen-bond donors (Lipinski definition) is 1. The summed E-state index contributed by atoms with van der Waals surface area (Å²) in [5, 5.41) is 0.560. The molecule has 8 heteroatoms. The molecule has 2 aliphatic rings. The number of carbonyl (C=O) groups excluding carboxylic acids is 1. The SMILES string of the molecule is C[Si](C)(C)CCOC(=O)N1C2COCC1c1sc(N)nc1C2. The van der Waals surface area contributed by atoms with Crippen molar-refractivity contribution in [3.05, 3.63) is 10.6 Å². The van der Waals surface area contributed by atoms with E-state index in [2.05, 4.69) is 24.6 Å². The van der Waals surface area contributed by atoms with Gasteiger partial charge >= 0.3 is 6.09 Å². The molecule has 3 rings (SSSR count). The molecule has 1 amide bonds. The number of fused-ring (bicyclic) bond motifs is 4. The Kier molecular flexibility index (Phi) is 4.17. The van der Waals surface area contributed by atoms with Crippen LogP contribution in [0.25, 0.3) is 0 Å². The van der Waals surface area contributed by atoms with Gasteiger partial charge in [0.05, 0.1) is 42.5 Å². The zero-order valence-corrected chi connectivity index (χ0v) is 15.1. The van der Waals surface area contributed by atoms with Crippen LogP contribution < -0.4 is 5.73 Å². The molecule has 6 nitrogen and oxygen atoms in total. The summed E-state index contributed by atoms with van der Waals surface area (Å²) in [4.78, 5) is 19.8. The molecule has 3 heterocycles. The van der Waals surface area contributed by atoms with E-state index in [9.17, 15) is 4.79 Å². The number of nitrogens with zero attached hydrogens (tertiary/aromatic N) is 2. The smallest absolute Gasteiger partial charge is 0.410 e. The summed E-state index contributed by atoms with van der Waals surface area (Å²) in [6.45, 7) is 8.36. The van der Waals surface area contributed by atoms with Gasteiger partial charge in [-0.2, -0.15) is 0 Å². The number of hydrogen-bond acceptors (Lipinski definition) is 6. The highest BCUT2D eigenvalue weighted by Gasteiger charge is 2.43. The van der Waals surface area contributed by atoms with Gasteiger partial charge in [-0.05, 0) is 6.04 Å². The minimum absolute atomic E-state index is 0.00660. The number of carbonyl (C=O) groups is 1. The van der Waals surface area contributed by atoms with Crippen molar-refractivity contribution in [3.8, 4) is 0 Å². The highest BCUT2D eigenvalue weighted by molar-refractivity contribution is 7.15. The topological polar surface area (TPSA) is 77.7 Å². The van der Waals surface area contributed by atoms with Crippen LogP contribution in [0.1, 0.15) is 16.6 Å². The third-order valence-corrected chi connectivity index (χ3v) is 6.81. The van der Waals surface area contributed by atoms with Crippen molar-refractivity contribution in [2.75, 3.05) is 25.6 Å². The highest BCUT2D eigenvalue weighted by Crippen LogP contribution is 2.40. The average molecular weight is 342 g/mol. The first-order valence-corrected chi connectivity index (χ1v) is 12.2. The van der Waals surface area contributed by atoms with Crippen LogP contribution in [0.5, 0.6) is 0 Å². The van der Waals surface area contributed by atoms with E-state index in [-0.39, 0.29) is 18.2 Å². The second-order valence-corrected chi connectivity index (χ2v) is 13.8. The number of anilines is 1. The van der Waals surface area contributed by atoms with Crippen molar-refractivity contribution in [1.82, 2.24) is 9.88 Å². The van der Waals surface area contributed by atoms with E-state index < -0.39 is 8.07 Å². The van der Waals surface area contributed by atoms with E-state index in [1.54, 1.807) is 0 Å². The van der Waals surface area contributed by atoms with Gasteiger partial charge in [-0.1, -0.05) is 31.0 Å². The normalized spacial score (nSPS) is 24.0. The molecule has 1 aromatic heterocycles. The molecule has 0 aromatic carbocycles. The Labute approximate surface area is 135 Å². The van der Waals surface area contributed by atoms with Crippen molar-refractivity contribution in [2.24, 2.45) is 0 Å². The van der Waals surface area contributed by atoms with E-state index in [0.717, 1.165) is 16.6 Å². The zero-order chi connectivity index (χ0) is 15.9. The van der Waals surface area contributed by atoms with Crippen LogP contribution in [0.3, 0.4) is 0 Å². The van der Waals surface area contributed by atoms with Gasteiger partial charge in [0, 0.05) is 14.5 Å². The standard InChI is InChI=1S/C14H23N3O3SSi/c1-22(2,3)5-4-20-14(18)17-9-6-10-12(21-13(15)16-10)11(17)8-19-7-9/h9,11H,4-8H2,1-3H3,(H2,15,16). The van der Waals surface area contributed by atoms with Crippen LogP contribution in [-0.4, -0.2) is 49.9 Å². The molecule has 2 aliphatic heterocycles. The van der Waals surface area contributed by atoms with Crippen LogP contribution in [0.2, 0.25) is 25.7 Å². The third kappa shape index (κ3) is 3.13. The first kappa shape index (κ1) is 15.8. The number of thiazole rings is 1. The second-order valence-electron chi connectivity index (χ2n) is 7.11. The lowest BCUT2D eigenvalue weighted by atomic mass is 9.97. The van der Waals surface area contributed by atoms with Crippen molar-refractivity contribution in [2.45, 2.75) is 44.2 Å². The van der Waals surface area contributed by atoms with Crippen molar-refractivity contribution in [3.63, 3.8) is 0 Å². The zero-order valence-electron chi connectivity index (χ0n) is 13.3. The molecule has 1 saturated heterocycles. The molecular formula is C14H23N3O3SSi. The van der Waals surface area contributed by atoms with Gasteiger partial charge in [-0.3, -0.25) is 4.90 Å². The van der Waals surface area contributed by atoms with Crippen molar-refractivity contribution >= 4 is 30.6 Å². The molecule has 22 heavy (non-hydrogen) atoms. The summed E-state index contributed by atoms with van der Waals surface area (Å²) < 4.78 is 11.2. The Bertz CT molecular complexity index is 572. The summed E-state index contributed by atoms with van der Waals surface area (Å²) in [5.41, 5.74) is 6.85. The van der Waals surface area contributed by atoms with Crippen LogP contribution in [-0.2, 0) is 15.9 Å². The average Bonchev–Trinajstić information content (AvgIpc) is 2.77. The van der Waals surface area contributed by atoms with Crippen LogP contribution in [0, 0.1) is 0 Å². The maximum atomic E-state index is 12.5. The highest BCUT2D eigenvalue weighted by atomic mass is 32.1. The summed E-state index contributed by atoms with van der Waals surface area (Å²) in [6, 6.07) is 0.890. The molecular weight excluding hydrogens is 318 g/mol. The Morgan fingerprint density at radius 1 is 1.50 bits per heavy atom. The third-order valence-electron chi connectivity index (χ3n) is 4.08. The first-order chi connectivity index (χ1) is 10.3. The molecule has 0 aliphatic carbocycles. The number of nitrogen functional groups attached to an aromatic ring is 1. The fourth-order valence-corrected chi connectivity index (χ4v) is 4.56. The van der Waals surface area contributed by atoms with Gasteiger partial charge in [-0.15, -0.1) is 0 Å². The molecule has 122 valence electrons. The van der Waals surface area contributed by atoms with Gasteiger partial charge in [0.15, 0.2) is 5.13 Å². The Balaban J connectivity index is 1.72. The number of aromatic nitrogens is 1. The lowest BCUT2D eigenvalue weighted by Crippen LogP contribution is -2.54. The molecule has 1 aromatic rings. The van der Waals surface area contributed by atoms with Crippen LogP contribution in [0.4, 0.5) is 9.93 Å². The van der Waals surface area contributed by atoms with E-state index in [1.165, 1.54) is 11.3 Å². The van der Waals surface area contributed by atoms with Crippen molar-refractivity contribution < 1.29 is 14.3 Å². The Morgan fingerprint density at radius 2 is 2.27 bits per heavy atom. The predicted octanol–water partition coefficient (Wildman–Crippen LogP) is 2.50. The monoisotopic (exact) mass is 341 g/mol. The van der Waals surface area contributed by atoms with E-state index in [0.29, 0.717) is 31.4 Å². The first-order valence-electron chi connectivity index (χ1n) is 7.63. The fraction of sp³-hybridized carbons (Fsp3) is 0.714. The lowest BCUT2D eigenvalue weighted by molar-refractivity contribution is -0.0506. The summed E-state index contributed by atoms with van der Waals surface area (Å²) in [5.74, 6) is 0. The van der Waals surface area contributed by atoms with E-state index >= 15 is 0 Å². The number of rotatable bonds is 3. The van der Waals surface area contributed by atoms with Gasteiger partial charge in [-0.25, -0.2) is 9.78 Å². The van der Waals surface area contributed by atoms with Crippen LogP contribution >= 0.6 is 11.3 Å². The molecule has 2 N–H and O–H groups in total. The molecule has 0 saturated carbocycles. The minimum Gasteiger partial charge on any atom is -0.450 e. The molecule has 2 bridgehead atoms. The molecule has 0 radical (unpaired) electrons. The van der Waals surface area contributed by atoms with E-state index in [4.69, 9.17) is 15.2 Å². The van der Waals surface area contributed by atoms with Gasteiger partial charge in [0.25, 0.3) is 0 Å². The minimum atomic E-state index is -1.20. The van der Waals surface area contributed by atoms with Crippen LogP contribution in [0.15, 0.2) is 0 Å². The second kappa shape index (κ2) is 5.82. The maximum absolute atomic E-state index is 12.5. The van der Waals surface area contributed by atoms with Crippen molar-refractivity contribution in [1.29, 1.82) is 0 Å². The summed E-state index contributed by atoms with van der Waals surface area (Å²) >= 11 is 1.45. The number of nitrogens with two attached hydrogens (primary N) is 1. The molecule has 1 fully saturated rings. The Hall–Kier alpha value is -1.12. The molecule has 2 unspecified atom stereocenters. The van der Waals surface area contributed by atoms with Gasteiger partial charge in [0.2, 0.25) is 0 Å². The summed E-state index contributed by atoms with van der Waals surface area (Å²) in [6.07, 6.45) is 0.469. The number of morpholine rings is 1.